The molecule has 0 aromatic carbocycles. The number of rotatable bonds is 7. The highest BCUT2D eigenvalue weighted by atomic mass is 32.2. The molecule has 0 amide bonds. The van der Waals surface area contributed by atoms with Crippen molar-refractivity contribution >= 4 is 22.3 Å². The Morgan fingerprint density at radius 3 is 2.89 bits per heavy atom. The van der Waals surface area contributed by atoms with Crippen LogP contribution in [-0.2, 0) is 17.2 Å². The fourth-order valence-corrected chi connectivity index (χ4v) is 1.72. The van der Waals surface area contributed by atoms with E-state index in [4.69, 9.17) is 4.55 Å². The molecule has 10 nitrogen and oxygen atoms in total. The van der Waals surface area contributed by atoms with Crippen LogP contribution < -0.4 is 5.43 Å². The number of hydrazone groups is 1. The summed E-state index contributed by atoms with van der Waals surface area (Å²) < 4.78 is 30.5. The zero-order valence-electron chi connectivity index (χ0n) is 10.1. The molecule has 0 saturated carbocycles. The van der Waals surface area contributed by atoms with Gasteiger partial charge in [-0.15, -0.1) is 0 Å². The summed E-state index contributed by atoms with van der Waals surface area (Å²) in [5, 5.41) is 14.3. The van der Waals surface area contributed by atoms with Crippen molar-refractivity contribution in [3.05, 3.63) is 22.0 Å². The zero-order chi connectivity index (χ0) is 14.5. The van der Waals surface area contributed by atoms with Gasteiger partial charge < -0.3 is 15.5 Å². The molecule has 0 saturated heterocycles. The Kier molecular flexibility index (Phi) is 4.94. The molecule has 0 bridgehead atoms. The van der Waals surface area contributed by atoms with E-state index in [2.05, 4.69) is 15.5 Å². The third-order valence-electron chi connectivity index (χ3n) is 2.14. The van der Waals surface area contributed by atoms with Crippen LogP contribution in [-0.4, -0.2) is 46.0 Å². The fraction of sp³-hybridized carbons (Fsp3) is 0.500. The van der Waals surface area contributed by atoms with Crippen LogP contribution in [0.1, 0.15) is 12.1 Å². The molecular formula is C8H13N5O5S. The lowest BCUT2D eigenvalue weighted by molar-refractivity contribution is -0.396. The zero-order valence-corrected chi connectivity index (χ0v) is 10.9. The second-order valence-electron chi connectivity index (χ2n) is 3.61. The van der Waals surface area contributed by atoms with Crippen LogP contribution in [0.2, 0.25) is 0 Å². The van der Waals surface area contributed by atoms with E-state index in [0.29, 0.717) is 5.69 Å². The Morgan fingerprint density at radius 1 is 1.68 bits per heavy atom. The van der Waals surface area contributed by atoms with Gasteiger partial charge in [-0.25, -0.2) is 4.57 Å². The van der Waals surface area contributed by atoms with E-state index in [1.807, 2.05) is 0 Å². The molecule has 2 N–H and O–H groups in total. The highest BCUT2D eigenvalue weighted by Gasteiger charge is 2.15. The number of nitrogens with one attached hydrogen (secondary N) is 1. The SMILES string of the molecule is Cn1c(/C=N/NCCCS(=O)(=O)O)cnc1[N+](=O)[O-]. The lowest BCUT2D eigenvalue weighted by atomic mass is 10.5. The van der Waals surface area contributed by atoms with Crippen molar-refractivity contribution in [2.24, 2.45) is 12.1 Å². The first-order valence-corrected chi connectivity index (χ1v) is 6.79. The summed E-state index contributed by atoms with van der Waals surface area (Å²) in [5.41, 5.74) is 2.98. The third kappa shape index (κ3) is 5.01. The molecule has 1 aromatic heterocycles. The Morgan fingerprint density at radius 2 is 2.37 bits per heavy atom. The topological polar surface area (TPSA) is 140 Å². The summed E-state index contributed by atoms with van der Waals surface area (Å²) in [6.07, 6.45) is 2.82. The van der Waals surface area contributed by atoms with E-state index in [0.717, 1.165) is 0 Å². The van der Waals surface area contributed by atoms with E-state index in [1.54, 1.807) is 0 Å². The van der Waals surface area contributed by atoms with E-state index in [9.17, 15) is 18.5 Å². The van der Waals surface area contributed by atoms with Crippen molar-refractivity contribution < 1.29 is 17.9 Å². The van der Waals surface area contributed by atoms with E-state index < -0.39 is 15.0 Å². The van der Waals surface area contributed by atoms with Gasteiger partial charge in [0, 0.05) is 6.54 Å². The molecule has 1 rings (SSSR count). The summed E-state index contributed by atoms with van der Waals surface area (Å²) in [7, 11) is -2.48. The molecule has 0 radical (unpaired) electrons. The molecule has 11 heteroatoms. The lowest BCUT2D eigenvalue weighted by Gasteiger charge is -1.98. The molecule has 1 aromatic rings. The average Bonchev–Trinajstić information content (AvgIpc) is 2.64. The van der Waals surface area contributed by atoms with Crippen molar-refractivity contribution in [1.82, 2.24) is 15.0 Å². The molecule has 1 heterocycles. The third-order valence-corrected chi connectivity index (χ3v) is 2.95. The Bertz CT molecular complexity index is 578. The van der Waals surface area contributed by atoms with Crippen LogP contribution in [0, 0.1) is 10.1 Å². The highest BCUT2D eigenvalue weighted by molar-refractivity contribution is 7.85. The van der Waals surface area contributed by atoms with Crippen LogP contribution in [0.5, 0.6) is 0 Å². The smallest absolute Gasteiger partial charge is 0.390 e. The quantitative estimate of drug-likeness (QED) is 0.227. The van der Waals surface area contributed by atoms with Gasteiger partial charge in [-0.3, -0.25) is 4.55 Å². The number of hydrogen-bond acceptors (Lipinski definition) is 7. The van der Waals surface area contributed by atoms with Gasteiger partial charge in [0.25, 0.3) is 10.1 Å². The van der Waals surface area contributed by atoms with Gasteiger partial charge in [0.05, 0.1) is 19.0 Å². The van der Waals surface area contributed by atoms with Gasteiger partial charge in [0.2, 0.25) is 0 Å². The first-order chi connectivity index (χ1) is 8.81. The van der Waals surface area contributed by atoms with E-state index in [1.165, 1.54) is 24.0 Å². The molecule has 0 spiro atoms. The number of nitrogens with zero attached hydrogens (tertiary/aromatic N) is 4. The van der Waals surface area contributed by atoms with Crippen molar-refractivity contribution in [2.45, 2.75) is 6.42 Å². The van der Waals surface area contributed by atoms with Gasteiger partial charge in [-0.1, -0.05) is 4.98 Å². The monoisotopic (exact) mass is 291 g/mol. The Balaban J connectivity index is 2.43. The standard InChI is InChI=1S/C8H13N5O5S/c1-12-7(5-9-8(12)13(14)15)6-11-10-3-2-4-19(16,17)18/h5-6,10H,2-4H2,1H3,(H,16,17,18)/b11-6+. The highest BCUT2D eigenvalue weighted by Crippen LogP contribution is 2.08. The largest absolute Gasteiger partial charge is 0.434 e. The van der Waals surface area contributed by atoms with Crippen molar-refractivity contribution in [2.75, 3.05) is 12.3 Å². The first kappa shape index (κ1) is 15.0. The summed E-state index contributed by atoms with van der Waals surface area (Å²) in [4.78, 5) is 13.5. The summed E-state index contributed by atoms with van der Waals surface area (Å²) in [5.74, 6) is -0.653. The molecule has 0 aliphatic rings. The summed E-state index contributed by atoms with van der Waals surface area (Å²) >= 11 is 0. The van der Waals surface area contributed by atoms with Gasteiger partial charge in [0.15, 0.2) is 5.69 Å². The minimum absolute atomic E-state index is 0.196. The maximum Gasteiger partial charge on any atom is 0.434 e. The molecule has 106 valence electrons. The molecule has 0 atom stereocenters. The Hall–Kier alpha value is -2.01. The average molecular weight is 291 g/mol. The second kappa shape index (κ2) is 6.24. The van der Waals surface area contributed by atoms with Crippen LogP contribution in [0.4, 0.5) is 5.95 Å². The van der Waals surface area contributed by atoms with Gasteiger partial charge in [-0.2, -0.15) is 13.5 Å². The maximum absolute atomic E-state index is 10.5. The molecule has 0 fully saturated rings. The summed E-state index contributed by atoms with van der Waals surface area (Å²) in [6.45, 7) is 0.246. The predicted octanol–water partition coefficient (Wildman–Crippen LogP) is -0.470. The lowest BCUT2D eigenvalue weighted by Crippen LogP contribution is -2.13. The van der Waals surface area contributed by atoms with Crippen LogP contribution >= 0.6 is 0 Å². The van der Waals surface area contributed by atoms with Gasteiger partial charge >= 0.3 is 5.95 Å². The predicted molar refractivity (Wildman–Crippen MR) is 66.5 cm³/mol. The number of aromatic nitrogens is 2. The van der Waals surface area contributed by atoms with E-state index >= 15 is 0 Å². The molecule has 19 heavy (non-hydrogen) atoms. The number of imidazole rings is 1. The molecular weight excluding hydrogens is 278 g/mol. The van der Waals surface area contributed by atoms with Crippen molar-refractivity contribution in [3.8, 4) is 0 Å². The van der Waals surface area contributed by atoms with E-state index in [-0.39, 0.29) is 24.7 Å². The van der Waals surface area contributed by atoms with Crippen molar-refractivity contribution in [3.63, 3.8) is 0 Å². The van der Waals surface area contributed by atoms with Crippen LogP contribution in [0.25, 0.3) is 0 Å². The van der Waals surface area contributed by atoms with Crippen molar-refractivity contribution in [1.29, 1.82) is 0 Å². The first-order valence-electron chi connectivity index (χ1n) is 5.18. The molecule has 0 unspecified atom stereocenters. The van der Waals surface area contributed by atoms with Gasteiger partial charge in [0.1, 0.15) is 6.20 Å². The fourth-order valence-electron chi connectivity index (χ4n) is 1.21. The molecule has 0 aliphatic heterocycles. The number of hydrogen-bond donors (Lipinski definition) is 2. The second-order valence-corrected chi connectivity index (χ2v) is 5.18. The maximum atomic E-state index is 10.5. The minimum atomic E-state index is -3.96. The van der Waals surface area contributed by atoms with Crippen LogP contribution in [0.15, 0.2) is 11.3 Å². The van der Waals surface area contributed by atoms with Gasteiger partial charge in [-0.05, 0) is 11.3 Å². The molecule has 0 aliphatic carbocycles. The van der Waals surface area contributed by atoms with Crippen LogP contribution in [0.3, 0.4) is 0 Å². The summed E-state index contributed by atoms with van der Waals surface area (Å²) in [6, 6.07) is 0. The minimum Gasteiger partial charge on any atom is -0.390 e. The normalized spacial score (nSPS) is 11.9. The Labute approximate surface area is 109 Å². The number of nitro groups is 1.